The standard InChI is InChI=1S/C26H33ClN2O3/c1-28-15-19-4-2-3-5-23(19)18-8-6-17(7-9-18)12-20-13-21(10-11-24(20)27)32-22-14-25(26(30)31)29-16-22/h2-5,10-11,13,17-18,22,25,28-29H,6-9,12,14-16H2,1H3,(H,30,31)/t17-,18-,22-,25-/m0/s1. The second-order valence-corrected chi connectivity index (χ2v) is 9.59. The van der Waals surface area contributed by atoms with E-state index in [0.717, 1.165) is 29.3 Å². The van der Waals surface area contributed by atoms with Gasteiger partial charge in [-0.2, -0.15) is 0 Å². The van der Waals surface area contributed by atoms with Crippen molar-refractivity contribution in [3.63, 3.8) is 0 Å². The molecule has 0 spiro atoms. The Morgan fingerprint density at radius 2 is 1.94 bits per heavy atom. The van der Waals surface area contributed by atoms with Gasteiger partial charge in [0.2, 0.25) is 0 Å². The van der Waals surface area contributed by atoms with Gasteiger partial charge in [0, 0.05) is 24.5 Å². The van der Waals surface area contributed by atoms with Crippen molar-refractivity contribution >= 4 is 17.6 Å². The molecule has 0 bridgehead atoms. The van der Waals surface area contributed by atoms with Crippen LogP contribution in [-0.2, 0) is 17.8 Å². The molecule has 1 saturated heterocycles. The number of hydrogen-bond acceptors (Lipinski definition) is 4. The quantitative estimate of drug-likeness (QED) is 0.533. The molecular formula is C26H33ClN2O3. The zero-order chi connectivity index (χ0) is 22.5. The van der Waals surface area contributed by atoms with Gasteiger partial charge in [-0.05, 0) is 85.9 Å². The van der Waals surface area contributed by atoms with Gasteiger partial charge in [-0.25, -0.2) is 0 Å². The molecule has 1 aliphatic carbocycles. The van der Waals surface area contributed by atoms with Gasteiger partial charge in [-0.3, -0.25) is 4.79 Å². The molecule has 4 rings (SSSR count). The lowest BCUT2D eigenvalue weighted by Crippen LogP contribution is -2.30. The van der Waals surface area contributed by atoms with Crippen molar-refractivity contribution in [3.05, 3.63) is 64.2 Å². The number of carbonyl (C=O) groups is 1. The maximum absolute atomic E-state index is 11.1. The normalized spacial score (nSPS) is 25.6. The van der Waals surface area contributed by atoms with Gasteiger partial charge in [-0.15, -0.1) is 0 Å². The van der Waals surface area contributed by atoms with E-state index in [0.29, 0.717) is 24.8 Å². The molecule has 2 aliphatic rings. The number of carboxylic acids is 1. The predicted molar refractivity (Wildman–Crippen MR) is 128 cm³/mol. The molecule has 0 aromatic heterocycles. The van der Waals surface area contributed by atoms with E-state index in [1.807, 2.05) is 25.2 Å². The number of ether oxygens (including phenoxy) is 1. The molecule has 1 saturated carbocycles. The summed E-state index contributed by atoms with van der Waals surface area (Å²) < 4.78 is 6.06. The van der Waals surface area contributed by atoms with Crippen LogP contribution in [0.2, 0.25) is 5.02 Å². The maximum atomic E-state index is 11.1. The van der Waals surface area contributed by atoms with Gasteiger partial charge in [0.25, 0.3) is 0 Å². The molecule has 2 aromatic rings. The van der Waals surface area contributed by atoms with Crippen LogP contribution >= 0.6 is 11.6 Å². The second-order valence-electron chi connectivity index (χ2n) is 9.18. The molecule has 6 heteroatoms. The summed E-state index contributed by atoms with van der Waals surface area (Å²) in [7, 11) is 2.00. The number of benzene rings is 2. The first-order chi connectivity index (χ1) is 15.5. The van der Waals surface area contributed by atoms with Gasteiger partial charge in [-0.1, -0.05) is 35.9 Å². The summed E-state index contributed by atoms with van der Waals surface area (Å²) in [4.78, 5) is 11.1. The smallest absolute Gasteiger partial charge is 0.320 e. The van der Waals surface area contributed by atoms with Crippen LogP contribution in [0.15, 0.2) is 42.5 Å². The Balaban J connectivity index is 1.34. The van der Waals surface area contributed by atoms with Crippen molar-refractivity contribution in [2.45, 2.75) is 63.1 Å². The van der Waals surface area contributed by atoms with Crippen LogP contribution in [0.4, 0.5) is 0 Å². The van der Waals surface area contributed by atoms with Gasteiger partial charge < -0.3 is 20.5 Å². The van der Waals surface area contributed by atoms with Crippen LogP contribution < -0.4 is 15.4 Å². The highest BCUT2D eigenvalue weighted by atomic mass is 35.5. The predicted octanol–water partition coefficient (Wildman–Crippen LogP) is 4.77. The molecule has 5 nitrogen and oxygen atoms in total. The van der Waals surface area contributed by atoms with E-state index in [-0.39, 0.29) is 6.10 Å². The fraction of sp³-hybridized carbons (Fsp3) is 0.500. The monoisotopic (exact) mass is 456 g/mol. The molecular weight excluding hydrogens is 424 g/mol. The van der Waals surface area contributed by atoms with Crippen molar-refractivity contribution in [1.29, 1.82) is 0 Å². The summed E-state index contributed by atoms with van der Waals surface area (Å²) in [6.45, 7) is 1.47. The Labute approximate surface area is 195 Å². The largest absolute Gasteiger partial charge is 0.489 e. The second kappa shape index (κ2) is 10.7. The lowest BCUT2D eigenvalue weighted by atomic mass is 9.75. The first kappa shape index (κ1) is 23.1. The molecule has 0 radical (unpaired) electrons. The molecule has 1 heterocycles. The molecule has 2 atom stereocenters. The van der Waals surface area contributed by atoms with E-state index < -0.39 is 12.0 Å². The molecule has 2 fully saturated rings. The van der Waals surface area contributed by atoms with Crippen LogP contribution in [0.25, 0.3) is 0 Å². The highest BCUT2D eigenvalue weighted by molar-refractivity contribution is 6.31. The SMILES string of the molecule is CNCc1ccccc1[C@H]1CC[C@H](Cc2cc(O[C@@H]3CN[C@H](C(=O)O)C3)ccc2Cl)CC1. The zero-order valence-corrected chi connectivity index (χ0v) is 19.4. The molecule has 1 aliphatic heterocycles. The zero-order valence-electron chi connectivity index (χ0n) is 18.6. The molecule has 172 valence electrons. The van der Waals surface area contributed by atoms with Gasteiger partial charge in [0.15, 0.2) is 0 Å². The molecule has 0 amide bonds. The molecule has 2 aromatic carbocycles. The fourth-order valence-corrected chi connectivity index (χ4v) is 5.42. The summed E-state index contributed by atoms with van der Waals surface area (Å²) in [5, 5.41) is 16.2. The van der Waals surface area contributed by atoms with Crippen molar-refractivity contribution in [3.8, 4) is 5.75 Å². The topological polar surface area (TPSA) is 70.6 Å². The number of rotatable bonds is 8. The Kier molecular flexibility index (Phi) is 7.71. The third-order valence-corrected chi connectivity index (χ3v) is 7.29. The van der Waals surface area contributed by atoms with Crippen molar-refractivity contribution in [2.24, 2.45) is 5.92 Å². The summed E-state index contributed by atoms with van der Waals surface area (Å²) in [6, 6.07) is 14.1. The first-order valence-corrected chi connectivity index (χ1v) is 12.0. The minimum atomic E-state index is -0.822. The van der Waals surface area contributed by atoms with Crippen molar-refractivity contribution in [1.82, 2.24) is 10.6 Å². The number of hydrogen-bond donors (Lipinski definition) is 3. The fourth-order valence-electron chi connectivity index (χ4n) is 5.23. The van der Waals surface area contributed by atoms with Crippen LogP contribution in [0, 0.1) is 5.92 Å². The number of aliphatic carboxylic acids is 1. The Morgan fingerprint density at radius 3 is 2.66 bits per heavy atom. The van der Waals surface area contributed by atoms with E-state index in [2.05, 4.69) is 34.9 Å². The van der Waals surface area contributed by atoms with Crippen LogP contribution in [0.3, 0.4) is 0 Å². The van der Waals surface area contributed by atoms with E-state index >= 15 is 0 Å². The highest BCUT2D eigenvalue weighted by Crippen LogP contribution is 2.39. The van der Waals surface area contributed by atoms with Gasteiger partial charge in [0.1, 0.15) is 17.9 Å². The van der Waals surface area contributed by atoms with E-state index in [4.69, 9.17) is 21.4 Å². The molecule has 32 heavy (non-hydrogen) atoms. The van der Waals surface area contributed by atoms with Crippen LogP contribution in [0.1, 0.15) is 54.7 Å². The lowest BCUT2D eigenvalue weighted by molar-refractivity contribution is -0.139. The number of carboxylic acid groups (broad SMARTS) is 1. The van der Waals surface area contributed by atoms with Gasteiger partial charge >= 0.3 is 5.97 Å². The average molecular weight is 457 g/mol. The highest BCUT2D eigenvalue weighted by Gasteiger charge is 2.30. The van der Waals surface area contributed by atoms with E-state index in [1.54, 1.807) is 0 Å². The summed E-state index contributed by atoms with van der Waals surface area (Å²) >= 11 is 6.52. The third kappa shape index (κ3) is 5.64. The van der Waals surface area contributed by atoms with Crippen molar-refractivity contribution in [2.75, 3.05) is 13.6 Å². The van der Waals surface area contributed by atoms with E-state index in [1.165, 1.54) is 36.8 Å². The third-order valence-electron chi connectivity index (χ3n) is 6.93. The Hall–Kier alpha value is -2.08. The lowest BCUT2D eigenvalue weighted by Gasteiger charge is -2.30. The van der Waals surface area contributed by atoms with Crippen molar-refractivity contribution < 1.29 is 14.6 Å². The van der Waals surface area contributed by atoms with Crippen LogP contribution in [-0.4, -0.2) is 36.8 Å². The molecule has 0 unspecified atom stereocenters. The minimum absolute atomic E-state index is 0.127. The first-order valence-electron chi connectivity index (χ1n) is 11.7. The Bertz CT molecular complexity index is 927. The minimum Gasteiger partial charge on any atom is -0.489 e. The number of nitrogens with one attached hydrogen (secondary N) is 2. The summed E-state index contributed by atoms with van der Waals surface area (Å²) in [6.07, 6.45) is 6.14. The van der Waals surface area contributed by atoms with Crippen LogP contribution in [0.5, 0.6) is 5.75 Å². The van der Waals surface area contributed by atoms with Gasteiger partial charge in [0.05, 0.1) is 0 Å². The Morgan fingerprint density at radius 1 is 1.16 bits per heavy atom. The van der Waals surface area contributed by atoms with E-state index in [9.17, 15) is 4.79 Å². The summed E-state index contributed by atoms with van der Waals surface area (Å²) in [5.41, 5.74) is 4.04. The molecule has 3 N–H and O–H groups in total. The average Bonchev–Trinajstić information content (AvgIpc) is 3.26. The summed E-state index contributed by atoms with van der Waals surface area (Å²) in [5.74, 6) is 1.21. The number of halogens is 1. The maximum Gasteiger partial charge on any atom is 0.320 e.